The van der Waals surface area contributed by atoms with Gasteiger partial charge in [-0.15, -0.1) is 0 Å². The molecule has 0 bridgehead atoms. The zero-order valence-electron chi connectivity index (χ0n) is 8.04. The highest BCUT2D eigenvalue weighted by Gasteiger charge is 2.15. The SMILES string of the molecule is CNN1CCc2nc(C)ncc2C1. The highest BCUT2D eigenvalue weighted by Crippen LogP contribution is 2.14. The van der Waals surface area contributed by atoms with Crippen LogP contribution in [-0.4, -0.2) is 28.6 Å². The summed E-state index contributed by atoms with van der Waals surface area (Å²) in [6.07, 6.45) is 2.95. The van der Waals surface area contributed by atoms with Crippen molar-refractivity contribution in [2.75, 3.05) is 13.6 Å². The van der Waals surface area contributed by atoms with Gasteiger partial charge >= 0.3 is 0 Å². The molecule has 0 amide bonds. The first-order valence-corrected chi connectivity index (χ1v) is 4.53. The monoisotopic (exact) mass is 178 g/mol. The number of nitrogens with zero attached hydrogens (tertiary/aromatic N) is 3. The van der Waals surface area contributed by atoms with Gasteiger partial charge in [0.25, 0.3) is 0 Å². The summed E-state index contributed by atoms with van der Waals surface area (Å²) in [6.45, 7) is 3.87. The van der Waals surface area contributed by atoms with Gasteiger partial charge in [0.2, 0.25) is 0 Å². The second-order valence-corrected chi connectivity index (χ2v) is 3.28. The molecule has 0 unspecified atom stereocenters. The summed E-state index contributed by atoms with van der Waals surface area (Å²) < 4.78 is 0. The Morgan fingerprint density at radius 3 is 3.15 bits per heavy atom. The second-order valence-electron chi connectivity index (χ2n) is 3.28. The standard InChI is InChI=1S/C9H14N4/c1-7-11-5-8-6-13(10-2)4-3-9(8)12-7/h5,10H,3-4,6H2,1-2H3. The van der Waals surface area contributed by atoms with Crippen LogP contribution in [0.25, 0.3) is 0 Å². The van der Waals surface area contributed by atoms with E-state index in [1.165, 1.54) is 11.3 Å². The van der Waals surface area contributed by atoms with E-state index in [9.17, 15) is 0 Å². The number of nitrogens with one attached hydrogen (secondary N) is 1. The van der Waals surface area contributed by atoms with Crippen LogP contribution in [0.3, 0.4) is 0 Å². The summed E-state index contributed by atoms with van der Waals surface area (Å²) in [6, 6.07) is 0. The highest BCUT2D eigenvalue weighted by molar-refractivity contribution is 5.19. The largest absolute Gasteiger partial charge is 0.258 e. The van der Waals surface area contributed by atoms with Crippen LogP contribution in [0.2, 0.25) is 0 Å². The average molecular weight is 178 g/mol. The van der Waals surface area contributed by atoms with Crippen LogP contribution in [0.5, 0.6) is 0 Å². The van der Waals surface area contributed by atoms with Gasteiger partial charge in [-0.2, -0.15) is 0 Å². The highest BCUT2D eigenvalue weighted by atomic mass is 15.5. The van der Waals surface area contributed by atoms with Crippen molar-refractivity contribution in [3.63, 3.8) is 0 Å². The lowest BCUT2D eigenvalue weighted by atomic mass is 10.1. The van der Waals surface area contributed by atoms with Gasteiger partial charge in [0, 0.05) is 37.0 Å². The molecule has 0 saturated heterocycles. The number of hydrazine groups is 1. The van der Waals surface area contributed by atoms with Crippen molar-refractivity contribution in [3.05, 3.63) is 23.3 Å². The minimum Gasteiger partial charge on any atom is -0.258 e. The van der Waals surface area contributed by atoms with E-state index < -0.39 is 0 Å². The molecule has 1 aromatic rings. The van der Waals surface area contributed by atoms with Crippen LogP contribution in [0.15, 0.2) is 6.20 Å². The minimum absolute atomic E-state index is 0.872. The van der Waals surface area contributed by atoms with Crippen LogP contribution >= 0.6 is 0 Å². The maximum Gasteiger partial charge on any atom is 0.125 e. The number of fused-ring (bicyclic) bond motifs is 1. The molecule has 1 aliphatic heterocycles. The lowest BCUT2D eigenvalue weighted by Gasteiger charge is -2.26. The number of aryl methyl sites for hydroxylation is 1. The fourth-order valence-electron chi connectivity index (χ4n) is 1.61. The predicted molar refractivity (Wildman–Crippen MR) is 49.9 cm³/mol. The molecule has 0 fully saturated rings. The smallest absolute Gasteiger partial charge is 0.125 e. The van der Waals surface area contributed by atoms with Crippen molar-refractivity contribution in [3.8, 4) is 0 Å². The fourth-order valence-corrected chi connectivity index (χ4v) is 1.61. The van der Waals surface area contributed by atoms with Crippen molar-refractivity contribution < 1.29 is 0 Å². The molecule has 0 radical (unpaired) electrons. The first-order valence-electron chi connectivity index (χ1n) is 4.53. The molecule has 2 rings (SSSR count). The fraction of sp³-hybridized carbons (Fsp3) is 0.556. The van der Waals surface area contributed by atoms with Crippen molar-refractivity contribution in [2.24, 2.45) is 0 Å². The summed E-state index contributed by atoms with van der Waals surface area (Å²) in [5.74, 6) is 0.872. The molecule has 0 aliphatic carbocycles. The third kappa shape index (κ3) is 1.68. The molecule has 1 aromatic heterocycles. The van der Waals surface area contributed by atoms with E-state index in [0.717, 1.165) is 25.3 Å². The van der Waals surface area contributed by atoms with Gasteiger partial charge < -0.3 is 0 Å². The number of hydrogen-bond donors (Lipinski definition) is 1. The molecule has 1 N–H and O–H groups in total. The molecule has 0 atom stereocenters. The van der Waals surface area contributed by atoms with Crippen LogP contribution in [0.4, 0.5) is 0 Å². The normalized spacial score (nSPS) is 17.1. The van der Waals surface area contributed by atoms with E-state index in [0.29, 0.717) is 0 Å². The maximum absolute atomic E-state index is 4.42. The molecule has 1 aliphatic rings. The molecule has 0 aromatic carbocycles. The Labute approximate surface area is 78.0 Å². The third-order valence-electron chi connectivity index (χ3n) is 2.37. The van der Waals surface area contributed by atoms with Gasteiger partial charge in [-0.1, -0.05) is 0 Å². The summed E-state index contributed by atoms with van der Waals surface area (Å²) in [4.78, 5) is 8.61. The van der Waals surface area contributed by atoms with Gasteiger partial charge in [0.1, 0.15) is 5.82 Å². The topological polar surface area (TPSA) is 41.0 Å². The Bertz CT molecular complexity index is 310. The van der Waals surface area contributed by atoms with Gasteiger partial charge in [0.05, 0.1) is 0 Å². The molecule has 0 spiro atoms. The van der Waals surface area contributed by atoms with Crippen molar-refractivity contribution in [1.29, 1.82) is 0 Å². The number of hydrogen-bond acceptors (Lipinski definition) is 4. The number of aromatic nitrogens is 2. The first-order chi connectivity index (χ1) is 6.29. The molecule has 13 heavy (non-hydrogen) atoms. The summed E-state index contributed by atoms with van der Waals surface area (Å²) in [5.41, 5.74) is 5.59. The van der Waals surface area contributed by atoms with Crippen molar-refractivity contribution in [2.45, 2.75) is 19.9 Å². The van der Waals surface area contributed by atoms with Gasteiger partial charge in [-0.25, -0.2) is 15.0 Å². The van der Waals surface area contributed by atoms with E-state index in [1.807, 2.05) is 20.2 Å². The minimum atomic E-state index is 0.872. The van der Waals surface area contributed by atoms with Crippen LogP contribution in [0, 0.1) is 6.92 Å². The van der Waals surface area contributed by atoms with Gasteiger partial charge in [0.15, 0.2) is 0 Å². The number of rotatable bonds is 1. The molecule has 4 heteroatoms. The first kappa shape index (κ1) is 8.59. The van der Waals surface area contributed by atoms with Crippen LogP contribution < -0.4 is 5.43 Å². The van der Waals surface area contributed by atoms with E-state index in [2.05, 4.69) is 20.4 Å². The van der Waals surface area contributed by atoms with Gasteiger partial charge in [-0.05, 0) is 14.0 Å². The predicted octanol–water partition coefficient (Wildman–Crippen LogP) is 0.278. The summed E-state index contributed by atoms with van der Waals surface area (Å²) in [5, 5.41) is 2.17. The summed E-state index contributed by atoms with van der Waals surface area (Å²) >= 11 is 0. The van der Waals surface area contributed by atoms with E-state index in [-0.39, 0.29) is 0 Å². The Kier molecular flexibility index (Phi) is 2.24. The Balaban J connectivity index is 2.26. The second kappa shape index (κ2) is 3.40. The molecule has 4 nitrogen and oxygen atoms in total. The van der Waals surface area contributed by atoms with Crippen molar-refractivity contribution in [1.82, 2.24) is 20.4 Å². The molecule has 70 valence electrons. The van der Waals surface area contributed by atoms with Crippen LogP contribution in [-0.2, 0) is 13.0 Å². The van der Waals surface area contributed by atoms with Crippen molar-refractivity contribution >= 4 is 0 Å². The Morgan fingerprint density at radius 2 is 2.38 bits per heavy atom. The maximum atomic E-state index is 4.42. The summed E-state index contributed by atoms with van der Waals surface area (Å²) in [7, 11) is 1.94. The Morgan fingerprint density at radius 1 is 1.54 bits per heavy atom. The molecule has 0 saturated carbocycles. The zero-order valence-corrected chi connectivity index (χ0v) is 8.04. The molecular formula is C9H14N4. The van der Waals surface area contributed by atoms with Gasteiger partial charge in [-0.3, -0.25) is 5.43 Å². The molecule has 2 heterocycles. The zero-order chi connectivity index (χ0) is 9.26. The average Bonchev–Trinajstić information content (AvgIpc) is 2.17. The third-order valence-corrected chi connectivity index (χ3v) is 2.37. The van der Waals surface area contributed by atoms with Crippen LogP contribution in [0.1, 0.15) is 17.1 Å². The lowest BCUT2D eigenvalue weighted by Crippen LogP contribution is -2.39. The quantitative estimate of drug-likeness (QED) is 0.670. The van der Waals surface area contributed by atoms with E-state index in [1.54, 1.807) is 0 Å². The van der Waals surface area contributed by atoms with E-state index in [4.69, 9.17) is 0 Å². The molecular weight excluding hydrogens is 164 g/mol. The lowest BCUT2D eigenvalue weighted by molar-refractivity contribution is 0.187. The Hall–Kier alpha value is -1.00. The van der Waals surface area contributed by atoms with E-state index >= 15 is 0 Å².